The van der Waals surface area contributed by atoms with Crippen molar-refractivity contribution >= 4 is 26.8 Å². The van der Waals surface area contributed by atoms with E-state index in [4.69, 9.17) is 18.9 Å². The number of carbonyl (C=O) groups excluding carboxylic acids is 2. The van der Waals surface area contributed by atoms with Crippen molar-refractivity contribution in [2.45, 2.75) is 130 Å². The fraction of sp³-hybridized carbons (Fsp3) is 0.750. The zero-order chi connectivity index (χ0) is 29.3. The molecule has 0 saturated heterocycles. The monoisotopic (exact) mass is 558 g/mol. The molecule has 0 radical (unpaired) electrons. The van der Waals surface area contributed by atoms with Gasteiger partial charge in [-0.2, -0.15) is 0 Å². The van der Waals surface area contributed by atoms with E-state index >= 15 is 0 Å². The van der Waals surface area contributed by atoms with E-state index in [1.165, 1.54) is 38.5 Å². The highest BCUT2D eigenvalue weighted by Gasteiger charge is 2.23. The van der Waals surface area contributed by atoms with E-state index in [2.05, 4.69) is 28.5 Å². The Kier molecular flexibility index (Phi) is 22.1. The molecule has 0 fully saturated rings. The van der Waals surface area contributed by atoms with Gasteiger partial charge in [0.15, 0.2) is 0 Å². The quantitative estimate of drug-likeness (QED) is 0.0668. The van der Waals surface area contributed by atoms with Crippen molar-refractivity contribution in [3.63, 3.8) is 0 Å². The molecule has 0 aliphatic carbocycles. The molecule has 1 aromatic rings. The highest BCUT2D eigenvalue weighted by molar-refractivity contribution is 6.89. The Morgan fingerprint density at radius 1 is 0.575 bits per heavy atom. The minimum absolute atomic E-state index is 0.308. The third-order valence-electron chi connectivity index (χ3n) is 6.99. The fourth-order valence-corrected chi connectivity index (χ4v) is 4.44. The molecule has 0 amide bonds. The van der Waals surface area contributed by atoms with Gasteiger partial charge in [0.05, 0.1) is 41.3 Å². The molecule has 0 bridgehead atoms. The SMILES string of the molecule is BBCCCCOC(=O)c1cc(OCCCCCCC)c(C(=O)OCCCCC)cc1OCCCCCCCC. The van der Waals surface area contributed by atoms with Crippen molar-refractivity contribution in [1.29, 1.82) is 0 Å². The number of hydrogen-bond acceptors (Lipinski definition) is 6. The summed E-state index contributed by atoms with van der Waals surface area (Å²) in [6.45, 7) is 8.19. The minimum Gasteiger partial charge on any atom is -0.493 e. The molecule has 0 spiro atoms. The molecule has 1 rings (SSSR count). The van der Waals surface area contributed by atoms with Gasteiger partial charge in [-0.25, -0.2) is 9.59 Å². The lowest BCUT2D eigenvalue weighted by Crippen LogP contribution is -2.14. The molecular formula is C32H56B2O6. The molecule has 0 atom stereocenters. The van der Waals surface area contributed by atoms with Gasteiger partial charge in [0.1, 0.15) is 22.6 Å². The van der Waals surface area contributed by atoms with Gasteiger partial charge in [0.2, 0.25) is 0 Å². The van der Waals surface area contributed by atoms with E-state index in [9.17, 15) is 9.59 Å². The summed E-state index contributed by atoms with van der Waals surface area (Å²) in [7, 11) is 3.28. The van der Waals surface area contributed by atoms with Crippen LogP contribution in [0.4, 0.5) is 0 Å². The predicted molar refractivity (Wildman–Crippen MR) is 169 cm³/mol. The maximum Gasteiger partial charge on any atom is 0.342 e. The van der Waals surface area contributed by atoms with Crippen LogP contribution in [-0.4, -0.2) is 53.3 Å². The van der Waals surface area contributed by atoms with Crippen LogP contribution in [-0.2, 0) is 9.47 Å². The summed E-state index contributed by atoms with van der Waals surface area (Å²) < 4.78 is 23.4. The van der Waals surface area contributed by atoms with Gasteiger partial charge >= 0.3 is 11.9 Å². The first kappa shape index (κ1) is 35.9. The third kappa shape index (κ3) is 16.2. The number of esters is 2. The highest BCUT2D eigenvalue weighted by atomic mass is 16.5. The van der Waals surface area contributed by atoms with Gasteiger partial charge in [-0.1, -0.05) is 104 Å². The molecule has 0 N–H and O–H groups in total. The molecule has 0 aromatic heterocycles. The zero-order valence-corrected chi connectivity index (χ0v) is 26.2. The third-order valence-corrected chi connectivity index (χ3v) is 6.99. The topological polar surface area (TPSA) is 71.1 Å². The molecule has 226 valence electrons. The molecular weight excluding hydrogens is 502 g/mol. The first-order valence-corrected chi connectivity index (χ1v) is 16.4. The van der Waals surface area contributed by atoms with Crippen molar-refractivity contribution in [3.8, 4) is 11.5 Å². The molecule has 0 aliphatic rings. The van der Waals surface area contributed by atoms with Crippen LogP contribution in [0, 0.1) is 0 Å². The second-order valence-electron chi connectivity index (χ2n) is 10.8. The van der Waals surface area contributed by atoms with Crippen LogP contribution < -0.4 is 9.47 Å². The second-order valence-corrected chi connectivity index (χ2v) is 10.8. The summed E-state index contributed by atoms with van der Waals surface area (Å²) in [5.74, 6) is -0.158. The zero-order valence-electron chi connectivity index (χ0n) is 26.2. The second kappa shape index (κ2) is 24.7. The Morgan fingerprint density at radius 3 is 1.40 bits per heavy atom. The van der Waals surface area contributed by atoms with Crippen LogP contribution in [0.3, 0.4) is 0 Å². The largest absolute Gasteiger partial charge is 0.493 e. The average Bonchev–Trinajstić information content (AvgIpc) is 2.96. The fourth-order valence-electron chi connectivity index (χ4n) is 4.44. The Bertz CT molecular complexity index is 802. The number of carbonyl (C=O) groups is 2. The molecule has 0 saturated carbocycles. The normalized spacial score (nSPS) is 10.8. The van der Waals surface area contributed by atoms with Crippen molar-refractivity contribution < 1.29 is 28.5 Å². The molecule has 0 aliphatic heterocycles. The summed E-state index contributed by atoms with van der Waals surface area (Å²) in [4.78, 5) is 26.3. The van der Waals surface area contributed by atoms with E-state index in [0.29, 0.717) is 49.1 Å². The first-order valence-electron chi connectivity index (χ1n) is 16.4. The molecule has 0 heterocycles. The number of rotatable bonds is 26. The van der Waals surface area contributed by atoms with Gasteiger partial charge in [0, 0.05) is 0 Å². The minimum atomic E-state index is -0.444. The Labute approximate surface area is 246 Å². The molecule has 40 heavy (non-hydrogen) atoms. The van der Waals surface area contributed by atoms with Gasteiger partial charge in [0.25, 0.3) is 0 Å². The van der Waals surface area contributed by atoms with E-state index in [1.54, 1.807) is 12.1 Å². The van der Waals surface area contributed by atoms with E-state index < -0.39 is 11.9 Å². The summed E-state index contributed by atoms with van der Waals surface area (Å²) in [6.07, 6.45) is 18.2. The van der Waals surface area contributed by atoms with Crippen molar-refractivity contribution in [2.24, 2.45) is 0 Å². The van der Waals surface area contributed by atoms with E-state index in [1.807, 2.05) is 0 Å². The predicted octanol–water partition coefficient (Wildman–Crippen LogP) is 7.46. The van der Waals surface area contributed by atoms with Crippen molar-refractivity contribution in [3.05, 3.63) is 23.3 Å². The Balaban J connectivity index is 3.08. The summed E-state index contributed by atoms with van der Waals surface area (Å²) in [5, 5.41) is 0. The van der Waals surface area contributed by atoms with Crippen LogP contribution in [0.5, 0.6) is 11.5 Å². The maximum absolute atomic E-state index is 13.2. The highest BCUT2D eigenvalue weighted by Crippen LogP contribution is 2.31. The van der Waals surface area contributed by atoms with Crippen LogP contribution in [0.2, 0.25) is 6.32 Å². The van der Waals surface area contributed by atoms with Gasteiger partial charge < -0.3 is 18.9 Å². The van der Waals surface area contributed by atoms with Gasteiger partial charge in [-0.15, -0.1) is 0 Å². The van der Waals surface area contributed by atoms with Crippen molar-refractivity contribution in [2.75, 3.05) is 26.4 Å². The number of ether oxygens (including phenoxy) is 4. The molecule has 6 nitrogen and oxygen atoms in total. The van der Waals surface area contributed by atoms with Gasteiger partial charge in [-0.3, -0.25) is 0 Å². The lowest BCUT2D eigenvalue weighted by atomic mass is 9.53. The Hall–Kier alpha value is -2.11. The average molecular weight is 558 g/mol. The van der Waals surface area contributed by atoms with E-state index in [-0.39, 0.29) is 0 Å². The van der Waals surface area contributed by atoms with Crippen molar-refractivity contribution in [1.82, 2.24) is 0 Å². The van der Waals surface area contributed by atoms with E-state index in [0.717, 1.165) is 77.7 Å². The lowest BCUT2D eigenvalue weighted by molar-refractivity contribution is 0.0476. The summed E-state index contributed by atoms with van der Waals surface area (Å²) in [6, 6.07) is 3.25. The lowest BCUT2D eigenvalue weighted by Gasteiger charge is -2.17. The summed E-state index contributed by atoms with van der Waals surface area (Å²) >= 11 is 0. The van der Waals surface area contributed by atoms with Crippen LogP contribution in [0.15, 0.2) is 12.1 Å². The molecule has 1 aromatic carbocycles. The smallest absolute Gasteiger partial charge is 0.342 e. The van der Waals surface area contributed by atoms with Crippen LogP contribution in [0.1, 0.15) is 144 Å². The number of hydrogen-bond donors (Lipinski definition) is 0. The number of benzene rings is 1. The maximum atomic E-state index is 13.2. The first-order chi connectivity index (χ1) is 19.6. The number of unbranched alkanes of at least 4 members (excludes halogenated alkanes) is 12. The molecule has 8 heteroatoms. The standard InChI is InChI=1S/C32H56B2O6/c1-4-7-10-12-14-18-22-38-30-25-27(31(35)39-23-16-9-6-3)29(37-21-17-13-11-8-5-2)26-28(30)32(36)40-24-19-15-20-34-33/h25-26,34H,4-24,33H2,1-3H3. The van der Waals surface area contributed by atoms with Crippen LogP contribution >= 0.6 is 0 Å². The van der Waals surface area contributed by atoms with Crippen LogP contribution in [0.25, 0.3) is 0 Å². The molecule has 0 unspecified atom stereocenters. The van der Waals surface area contributed by atoms with Gasteiger partial charge in [-0.05, 0) is 37.8 Å². The summed E-state index contributed by atoms with van der Waals surface area (Å²) in [5.41, 5.74) is 0.618. The Morgan fingerprint density at radius 2 is 0.950 bits per heavy atom.